The van der Waals surface area contributed by atoms with Gasteiger partial charge in [0, 0.05) is 6.54 Å². The lowest BCUT2D eigenvalue weighted by Crippen LogP contribution is -2.52. The molecule has 4 heteroatoms. The van der Waals surface area contributed by atoms with Gasteiger partial charge >= 0.3 is 5.97 Å². The van der Waals surface area contributed by atoms with E-state index < -0.39 is 11.5 Å². The summed E-state index contributed by atoms with van der Waals surface area (Å²) in [7, 11) is 0. The van der Waals surface area contributed by atoms with Crippen molar-refractivity contribution < 1.29 is 9.53 Å². The molecule has 0 aromatic heterocycles. The van der Waals surface area contributed by atoms with Crippen molar-refractivity contribution in [3.8, 4) is 0 Å². The minimum Gasteiger partial charge on any atom is -0.459 e. The summed E-state index contributed by atoms with van der Waals surface area (Å²) in [6.07, 6.45) is 0. The molecule has 0 radical (unpaired) electrons. The maximum absolute atomic E-state index is 11.4. The van der Waals surface area contributed by atoms with Gasteiger partial charge < -0.3 is 16.2 Å². The molecule has 4 nitrogen and oxygen atoms in total. The van der Waals surface area contributed by atoms with Gasteiger partial charge in [-0.05, 0) is 12.5 Å². The first kappa shape index (κ1) is 11.7. The number of benzene rings is 1. The van der Waals surface area contributed by atoms with Crippen LogP contribution in [0.15, 0.2) is 30.3 Å². The highest BCUT2D eigenvalue weighted by Crippen LogP contribution is 2.05. The van der Waals surface area contributed by atoms with Gasteiger partial charge in [0.1, 0.15) is 12.1 Å². The lowest BCUT2D eigenvalue weighted by atomic mass is 10.1. The highest BCUT2D eigenvalue weighted by Gasteiger charge is 2.28. The average Bonchev–Trinajstić information content (AvgIpc) is 2.27. The zero-order chi connectivity index (χ0) is 11.3. The van der Waals surface area contributed by atoms with E-state index in [4.69, 9.17) is 16.2 Å². The fourth-order valence-corrected chi connectivity index (χ4v) is 0.971. The fourth-order valence-electron chi connectivity index (χ4n) is 0.971. The van der Waals surface area contributed by atoms with Crippen LogP contribution in [0.2, 0.25) is 0 Å². The van der Waals surface area contributed by atoms with Crippen LogP contribution < -0.4 is 11.5 Å². The van der Waals surface area contributed by atoms with Crippen molar-refractivity contribution >= 4 is 5.97 Å². The normalized spacial score (nSPS) is 14.3. The molecule has 0 fully saturated rings. The molecule has 0 saturated heterocycles. The summed E-state index contributed by atoms with van der Waals surface area (Å²) < 4.78 is 5.04. The first-order valence-corrected chi connectivity index (χ1v) is 4.76. The Kier molecular flexibility index (Phi) is 3.82. The smallest absolute Gasteiger partial charge is 0.327 e. The van der Waals surface area contributed by atoms with Crippen molar-refractivity contribution in [3.05, 3.63) is 35.9 Å². The van der Waals surface area contributed by atoms with Crippen LogP contribution in [-0.2, 0) is 16.1 Å². The molecule has 0 amide bonds. The van der Waals surface area contributed by atoms with Gasteiger partial charge in [0.15, 0.2) is 0 Å². The predicted molar refractivity (Wildman–Crippen MR) is 57.9 cm³/mol. The van der Waals surface area contributed by atoms with Crippen molar-refractivity contribution in [2.24, 2.45) is 11.5 Å². The molecule has 1 rings (SSSR count). The van der Waals surface area contributed by atoms with Gasteiger partial charge in [0.05, 0.1) is 0 Å². The third-order valence-electron chi connectivity index (χ3n) is 2.10. The molecule has 1 aromatic carbocycles. The van der Waals surface area contributed by atoms with Gasteiger partial charge in [-0.25, -0.2) is 0 Å². The third kappa shape index (κ3) is 3.34. The Balaban J connectivity index is 2.48. The second kappa shape index (κ2) is 4.91. The average molecular weight is 208 g/mol. The molecule has 1 unspecified atom stereocenters. The standard InChI is InChI=1S/C11H16N2O2/c1-11(13,8-12)10(14)15-7-9-5-3-2-4-6-9/h2-6H,7-8,12-13H2,1H3. The quantitative estimate of drug-likeness (QED) is 0.702. The molecule has 0 bridgehead atoms. The summed E-state index contributed by atoms with van der Waals surface area (Å²) in [6.45, 7) is 1.85. The number of ether oxygens (including phenoxy) is 1. The maximum Gasteiger partial charge on any atom is 0.327 e. The first-order chi connectivity index (χ1) is 7.06. The van der Waals surface area contributed by atoms with Gasteiger partial charge in [-0.1, -0.05) is 30.3 Å². The number of carbonyl (C=O) groups excluding carboxylic acids is 1. The fraction of sp³-hybridized carbons (Fsp3) is 0.364. The minimum atomic E-state index is -1.10. The predicted octanol–water partition coefficient (Wildman–Crippen LogP) is 0.406. The van der Waals surface area contributed by atoms with E-state index >= 15 is 0 Å². The lowest BCUT2D eigenvalue weighted by Gasteiger charge is -2.20. The molecule has 0 spiro atoms. The highest BCUT2D eigenvalue weighted by atomic mass is 16.5. The monoisotopic (exact) mass is 208 g/mol. The van der Waals surface area contributed by atoms with E-state index in [1.807, 2.05) is 30.3 Å². The van der Waals surface area contributed by atoms with Gasteiger partial charge in [0.2, 0.25) is 0 Å². The van der Waals surface area contributed by atoms with Crippen LogP contribution in [0.25, 0.3) is 0 Å². The molecule has 0 saturated carbocycles. The highest BCUT2D eigenvalue weighted by molar-refractivity contribution is 5.80. The molecular formula is C11H16N2O2. The molecule has 0 aliphatic carbocycles. The second-order valence-electron chi connectivity index (χ2n) is 3.68. The Morgan fingerprint density at radius 1 is 1.40 bits per heavy atom. The van der Waals surface area contributed by atoms with Gasteiger partial charge in [-0.3, -0.25) is 4.79 Å². The Morgan fingerprint density at radius 3 is 2.53 bits per heavy atom. The van der Waals surface area contributed by atoms with E-state index in [9.17, 15) is 4.79 Å². The van der Waals surface area contributed by atoms with Crippen LogP contribution >= 0.6 is 0 Å². The van der Waals surface area contributed by atoms with E-state index in [1.54, 1.807) is 6.92 Å². The zero-order valence-electron chi connectivity index (χ0n) is 8.77. The van der Waals surface area contributed by atoms with Gasteiger partial charge in [0.25, 0.3) is 0 Å². The topological polar surface area (TPSA) is 78.3 Å². The molecule has 0 heterocycles. The minimum absolute atomic E-state index is 0.0701. The van der Waals surface area contributed by atoms with Crippen molar-refractivity contribution in [1.29, 1.82) is 0 Å². The Labute approximate surface area is 89.2 Å². The third-order valence-corrected chi connectivity index (χ3v) is 2.10. The van der Waals surface area contributed by atoms with Crippen LogP contribution in [-0.4, -0.2) is 18.1 Å². The van der Waals surface area contributed by atoms with E-state index in [0.29, 0.717) is 0 Å². The van der Waals surface area contributed by atoms with Crippen molar-refractivity contribution in [2.45, 2.75) is 19.1 Å². The molecule has 82 valence electrons. The lowest BCUT2D eigenvalue weighted by molar-refractivity contribution is -0.150. The first-order valence-electron chi connectivity index (χ1n) is 4.76. The number of rotatable bonds is 4. The van der Waals surface area contributed by atoms with Crippen LogP contribution in [0.4, 0.5) is 0 Å². The van der Waals surface area contributed by atoms with E-state index in [0.717, 1.165) is 5.56 Å². The van der Waals surface area contributed by atoms with E-state index in [-0.39, 0.29) is 13.2 Å². The summed E-state index contributed by atoms with van der Waals surface area (Å²) in [4.78, 5) is 11.4. The molecule has 1 aromatic rings. The van der Waals surface area contributed by atoms with Crippen LogP contribution in [0.1, 0.15) is 12.5 Å². The Hall–Kier alpha value is -1.39. The molecule has 15 heavy (non-hydrogen) atoms. The van der Waals surface area contributed by atoms with Gasteiger partial charge in [-0.2, -0.15) is 0 Å². The number of hydrogen-bond donors (Lipinski definition) is 2. The van der Waals surface area contributed by atoms with Crippen LogP contribution in [0, 0.1) is 0 Å². The summed E-state index contributed by atoms with van der Waals surface area (Å²) >= 11 is 0. The zero-order valence-corrected chi connectivity index (χ0v) is 8.77. The molecule has 0 aliphatic rings. The maximum atomic E-state index is 11.4. The number of hydrogen-bond acceptors (Lipinski definition) is 4. The van der Waals surface area contributed by atoms with Crippen molar-refractivity contribution in [3.63, 3.8) is 0 Å². The summed E-state index contributed by atoms with van der Waals surface area (Å²) in [6, 6.07) is 9.42. The number of nitrogens with two attached hydrogens (primary N) is 2. The van der Waals surface area contributed by atoms with E-state index in [1.165, 1.54) is 0 Å². The Bertz CT molecular complexity index is 323. The molecule has 1 atom stereocenters. The van der Waals surface area contributed by atoms with Gasteiger partial charge in [-0.15, -0.1) is 0 Å². The summed E-state index contributed by atoms with van der Waals surface area (Å²) in [5.74, 6) is -0.478. The summed E-state index contributed by atoms with van der Waals surface area (Å²) in [5, 5.41) is 0. The largest absolute Gasteiger partial charge is 0.459 e. The second-order valence-corrected chi connectivity index (χ2v) is 3.68. The molecule has 0 aliphatic heterocycles. The van der Waals surface area contributed by atoms with Crippen LogP contribution in [0.3, 0.4) is 0 Å². The summed E-state index contributed by atoms with van der Waals surface area (Å²) in [5.41, 5.74) is 10.8. The molecular weight excluding hydrogens is 192 g/mol. The van der Waals surface area contributed by atoms with Crippen LogP contribution in [0.5, 0.6) is 0 Å². The van der Waals surface area contributed by atoms with Crippen molar-refractivity contribution in [2.75, 3.05) is 6.54 Å². The SMILES string of the molecule is CC(N)(CN)C(=O)OCc1ccccc1. The number of carbonyl (C=O) groups is 1. The van der Waals surface area contributed by atoms with Crippen molar-refractivity contribution in [1.82, 2.24) is 0 Å². The number of esters is 1. The Morgan fingerprint density at radius 2 is 2.00 bits per heavy atom. The van der Waals surface area contributed by atoms with E-state index in [2.05, 4.69) is 0 Å². The molecule has 4 N–H and O–H groups in total.